The van der Waals surface area contributed by atoms with Crippen molar-refractivity contribution < 1.29 is 9.53 Å². The summed E-state index contributed by atoms with van der Waals surface area (Å²) in [5.74, 6) is 1.98. The van der Waals surface area contributed by atoms with Crippen molar-refractivity contribution in [2.24, 2.45) is 23.2 Å². The number of hydrogen-bond donors (Lipinski definition) is 0. The van der Waals surface area contributed by atoms with E-state index in [9.17, 15) is 4.79 Å². The zero-order chi connectivity index (χ0) is 21.4. The van der Waals surface area contributed by atoms with E-state index in [0.717, 1.165) is 44.4 Å². The van der Waals surface area contributed by atoms with Gasteiger partial charge in [0.05, 0.1) is 12.0 Å². The number of ether oxygens (including phenoxy) is 1. The highest BCUT2D eigenvalue weighted by Crippen LogP contribution is 2.38. The molecule has 0 fully saturated rings. The van der Waals surface area contributed by atoms with Crippen molar-refractivity contribution in [1.29, 1.82) is 0 Å². The lowest BCUT2D eigenvalue weighted by atomic mass is 9.74. The van der Waals surface area contributed by atoms with Gasteiger partial charge in [-0.15, -0.1) is 0 Å². The maximum Gasteiger partial charge on any atom is 0.312 e. The zero-order valence-corrected chi connectivity index (χ0v) is 20.4. The molecule has 0 aliphatic carbocycles. The third kappa shape index (κ3) is 12.1. The summed E-state index contributed by atoms with van der Waals surface area (Å²) in [5, 5.41) is 0. The van der Waals surface area contributed by atoms with Crippen LogP contribution >= 0.6 is 0 Å². The Labute approximate surface area is 177 Å². The predicted molar refractivity (Wildman–Crippen MR) is 124 cm³/mol. The molecule has 0 aromatic rings. The van der Waals surface area contributed by atoms with Gasteiger partial charge in [-0.3, -0.25) is 4.79 Å². The summed E-state index contributed by atoms with van der Waals surface area (Å²) in [4.78, 5) is 13.2. The van der Waals surface area contributed by atoms with E-state index in [-0.39, 0.29) is 11.4 Å². The van der Waals surface area contributed by atoms with Crippen molar-refractivity contribution >= 4 is 5.97 Å². The molecule has 2 heteroatoms. The number of carbonyl (C=O) groups is 1. The molecule has 28 heavy (non-hydrogen) atoms. The van der Waals surface area contributed by atoms with E-state index in [4.69, 9.17) is 4.74 Å². The first-order valence-corrected chi connectivity index (χ1v) is 12.5. The Balaban J connectivity index is 4.78. The Morgan fingerprint density at radius 2 is 1.39 bits per heavy atom. The molecule has 0 aliphatic rings. The van der Waals surface area contributed by atoms with Crippen molar-refractivity contribution in [2.75, 3.05) is 6.61 Å². The lowest BCUT2D eigenvalue weighted by Gasteiger charge is -2.32. The van der Waals surface area contributed by atoms with Crippen molar-refractivity contribution in [3.63, 3.8) is 0 Å². The van der Waals surface area contributed by atoms with Gasteiger partial charge in [-0.25, -0.2) is 0 Å². The fourth-order valence-electron chi connectivity index (χ4n) is 4.02. The van der Waals surface area contributed by atoms with Crippen LogP contribution in [-0.2, 0) is 9.53 Å². The normalized spacial score (nSPS) is 16.0. The predicted octanol–water partition coefficient (Wildman–Crippen LogP) is 8.58. The highest BCUT2D eigenvalue weighted by molar-refractivity contribution is 5.76. The van der Waals surface area contributed by atoms with Crippen LogP contribution in [0.3, 0.4) is 0 Å². The largest absolute Gasteiger partial charge is 0.465 e. The summed E-state index contributed by atoms with van der Waals surface area (Å²) in [6, 6.07) is 0. The molecule has 0 saturated heterocycles. The molecule has 0 saturated carbocycles. The fourth-order valence-corrected chi connectivity index (χ4v) is 4.02. The van der Waals surface area contributed by atoms with Crippen LogP contribution in [0.4, 0.5) is 0 Å². The second kappa shape index (κ2) is 16.3. The standard InChI is InChI=1S/C26H52O2/c1-8-11-13-15-23(6)18-20-26(10-3,19-14-12-9-2)25(27)28-21-24(7)17-16-22(4)5/h22-24H,8-21H2,1-7H3. The molecule has 168 valence electrons. The van der Waals surface area contributed by atoms with Crippen molar-refractivity contribution in [1.82, 2.24) is 0 Å². The molecule has 0 rings (SSSR count). The molecule has 0 aromatic carbocycles. The molecule has 0 heterocycles. The average molecular weight is 397 g/mol. The molecule has 3 unspecified atom stereocenters. The van der Waals surface area contributed by atoms with Crippen LogP contribution in [0.15, 0.2) is 0 Å². The van der Waals surface area contributed by atoms with Gasteiger partial charge in [0.2, 0.25) is 0 Å². The van der Waals surface area contributed by atoms with Gasteiger partial charge in [-0.05, 0) is 49.9 Å². The highest BCUT2D eigenvalue weighted by atomic mass is 16.5. The van der Waals surface area contributed by atoms with Gasteiger partial charge >= 0.3 is 5.97 Å². The average Bonchev–Trinajstić information content (AvgIpc) is 2.67. The van der Waals surface area contributed by atoms with Crippen molar-refractivity contribution in [3.8, 4) is 0 Å². The molecule has 0 radical (unpaired) electrons. The molecule has 0 aliphatic heterocycles. The summed E-state index contributed by atoms with van der Waals surface area (Å²) in [5.41, 5.74) is -0.258. The first-order chi connectivity index (χ1) is 13.3. The number of rotatable bonds is 18. The second-order valence-corrected chi connectivity index (χ2v) is 9.91. The van der Waals surface area contributed by atoms with Gasteiger partial charge in [0.15, 0.2) is 0 Å². The Hall–Kier alpha value is -0.530. The van der Waals surface area contributed by atoms with Gasteiger partial charge in [0, 0.05) is 0 Å². The SMILES string of the molecule is CCCCCC(C)CCC(CC)(CCCCC)C(=O)OCC(C)CCC(C)C. The van der Waals surface area contributed by atoms with E-state index in [0.29, 0.717) is 18.4 Å². The molecule has 0 aromatic heterocycles. The van der Waals surface area contributed by atoms with E-state index in [1.807, 2.05) is 0 Å². The van der Waals surface area contributed by atoms with Crippen LogP contribution in [0, 0.1) is 23.2 Å². The molecular weight excluding hydrogens is 344 g/mol. The summed E-state index contributed by atoms with van der Waals surface area (Å²) >= 11 is 0. The number of esters is 1. The molecule has 0 N–H and O–H groups in total. The minimum Gasteiger partial charge on any atom is -0.465 e. The zero-order valence-electron chi connectivity index (χ0n) is 20.4. The van der Waals surface area contributed by atoms with Crippen LogP contribution in [0.2, 0.25) is 0 Å². The lowest BCUT2D eigenvalue weighted by Crippen LogP contribution is -2.34. The molecular formula is C26H52O2. The van der Waals surface area contributed by atoms with Crippen molar-refractivity contribution in [3.05, 3.63) is 0 Å². The Morgan fingerprint density at radius 3 is 1.96 bits per heavy atom. The fraction of sp³-hybridized carbons (Fsp3) is 0.962. The van der Waals surface area contributed by atoms with E-state index < -0.39 is 0 Å². The van der Waals surface area contributed by atoms with Crippen LogP contribution in [-0.4, -0.2) is 12.6 Å². The molecule has 0 bridgehead atoms. The molecule has 3 atom stereocenters. The van der Waals surface area contributed by atoms with Gasteiger partial charge in [0.1, 0.15) is 0 Å². The monoisotopic (exact) mass is 396 g/mol. The van der Waals surface area contributed by atoms with Gasteiger partial charge in [0.25, 0.3) is 0 Å². The maximum absolute atomic E-state index is 13.2. The van der Waals surface area contributed by atoms with Gasteiger partial charge in [-0.2, -0.15) is 0 Å². The Kier molecular flexibility index (Phi) is 16.0. The summed E-state index contributed by atoms with van der Waals surface area (Å²) in [6.45, 7) is 16.4. The van der Waals surface area contributed by atoms with Gasteiger partial charge in [-0.1, -0.05) is 99.8 Å². The second-order valence-electron chi connectivity index (χ2n) is 9.91. The van der Waals surface area contributed by atoms with Crippen LogP contribution in [0.1, 0.15) is 132 Å². The number of hydrogen-bond acceptors (Lipinski definition) is 2. The van der Waals surface area contributed by atoms with E-state index in [1.165, 1.54) is 44.9 Å². The topological polar surface area (TPSA) is 26.3 Å². The first kappa shape index (κ1) is 27.5. The molecule has 0 amide bonds. The first-order valence-electron chi connectivity index (χ1n) is 12.5. The van der Waals surface area contributed by atoms with Crippen LogP contribution < -0.4 is 0 Å². The quantitative estimate of drug-likeness (QED) is 0.171. The maximum atomic E-state index is 13.2. The number of carbonyl (C=O) groups excluding carboxylic acids is 1. The molecule has 2 nitrogen and oxygen atoms in total. The van der Waals surface area contributed by atoms with Gasteiger partial charge < -0.3 is 4.74 Å². The highest BCUT2D eigenvalue weighted by Gasteiger charge is 2.37. The number of unbranched alkanes of at least 4 members (excludes halogenated alkanes) is 4. The third-order valence-electron chi connectivity index (χ3n) is 6.52. The minimum atomic E-state index is -0.258. The summed E-state index contributed by atoms with van der Waals surface area (Å²) in [7, 11) is 0. The summed E-state index contributed by atoms with van der Waals surface area (Å²) in [6.07, 6.45) is 15.2. The summed E-state index contributed by atoms with van der Waals surface area (Å²) < 4.78 is 5.92. The van der Waals surface area contributed by atoms with Crippen LogP contribution in [0.25, 0.3) is 0 Å². The van der Waals surface area contributed by atoms with E-state index in [1.54, 1.807) is 0 Å². The Morgan fingerprint density at radius 1 is 0.750 bits per heavy atom. The van der Waals surface area contributed by atoms with E-state index >= 15 is 0 Å². The van der Waals surface area contributed by atoms with Crippen molar-refractivity contribution in [2.45, 2.75) is 132 Å². The van der Waals surface area contributed by atoms with E-state index in [2.05, 4.69) is 48.5 Å². The smallest absolute Gasteiger partial charge is 0.312 e. The Bertz CT molecular complexity index is 377. The lowest BCUT2D eigenvalue weighted by molar-refractivity contribution is -0.159. The third-order valence-corrected chi connectivity index (χ3v) is 6.52. The van der Waals surface area contributed by atoms with Crippen LogP contribution in [0.5, 0.6) is 0 Å². The minimum absolute atomic E-state index is 0.0864. The molecule has 0 spiro atoms.